The number of hydrogen-bond acceptors (Lipinski definition) is 9. The highest BCUT2D eigenvalue weighted by molar-refractivity contribution is 7.80. The number of carboxylic acid groups (broad SMARTS) is 1. The second kappa shape index (κ2) is 19.8. The van der Waals surface area contributed by atoms with Gasteiger partial charge in [0, 0.05) is 18.8 Å². The number of thiol groups is 1. The summed E-state index contributed by atoms with van der Waals surface area (Å²) in [6, 6.07) is -4.32. The monoisotopic (exact) mass is 561 g/mol. The predicted octanol–water partition coefficient (Wildman–Crippen LogP) is -3.98. The fourth-order valence-electron chi connectivity index (χ4n) is 3.19. The summed E-state index contributed by atoms with van der Waals surface area (Å²) in [5, 5.41) is 17.0. The largest absolute Gasteiger partial charge is 0.480 e. The number of amides is 3. The van der Waals surface area contributed by atoms with Crippen molar-refractivity contribution in [2.45, 2.75) is 69.1 Å². The van der Waals surface area contributed by atoms with Crippen LogP contribution in [0.15, 0.2) is 9.98 Å². The van der Waals surface area contributed by atoms with Crippen molar-refractivity contribution in [1.29, 1.82) is 0 Å². The predicted molar refractivity (Wildman–Crippen MR) is 148 cm³/mol. The Bertz CT molecular complexity index is 819. The number of aliphatic carboxylic acids is 1. The van der Waals surface area contributed by atoms with Crippen LogP contribution in [-0.4, -0.2) is 90.3 Å². The van der Waals surface area contributed by atoms with E-state index in [0.717, 1.165) is 0 Å². The van der Waals surface area contributed by atoms with Gasteiger partial charge in [-0.1, -0.05) is 0 Å². The van der Waals surface area contributed by atoms with Gasteiger partial charge in [0.1, 0.15) is 18.1 Å². The number of nitrogens with zero attached hydrogens (tertiary/aromatic N) is 2. The molecular formula is C21H43N11O5S. The Labute approximate surface area is 227 Å². The van der Waals surface area contributed by atoms with Crippen LogP contribution in [0.4, 0.5) is 0 Å². The average molecular weight is 562 g/mol. The molecular weight excluding hydrogens is 518 g/mol. The topological polar surface area (TPSA) is 305 Å². The van der Waals surface area contributed by atoms with Gasteiger partial charge in [-0.05, 0) is 51.5 Å². The number of nitrogens with two attached hydrogens (primary N) is 6. The van der Waals surface area contributed by atoms with Crippen molar-refractivity contribution in [2.75, 3.05) is 25.4 Å². The van der Waals surface area contributed by atoms with Crippen molar-refractivity contribution >= 4 is 48.2 Å². The van der Waals surface area contributed by atoms with Gasteiger partial charge in [-0.15, -0.1) is 0 Å². The van der Waals surface area contributed by atoms with Gasteiger partial charge in [0.05, 0.1) is 6.04 Å². The van der Waals surface area contributed by atoms with E-state index in [0.29, 0.717) is 38.8 Å². The molecule has 4 unspecified atom stereocenters. The van der Waals surface area contributed by atoms with E-state index in [-0.39, 0.29) is 43.5 Å². The standard InChI is InChI=1S/C21H43N11O5S/c22-8-2-1-6-14(19(36)37)31-17(34)13(7-4-10-29-21(26)27)30-18(35)15(11-38)32-16(33)12(23)5-3-9-28-20(24)25/h12-15,38H,1-11,22-23H2,(H,30,35)(H,31,34)(H,32,33)(H,36,37)(H4,24,25,28)(H4,26,27,29). The molecule has 0 aliphatic carbocycles. The van der Waals surface area contributed by atoms with E-state index in [1.165, 1.54) is 0 Å². The average Bonchev–Trinajstić information content (AvgIpc) is 2.85. The molecule has 0 spiro atoms. The molecule has 17 heteroatoms. The summed E-state index contributed by atoms with van der Waals surface area (Å²) in [5.41, 5.74) is 32.5. The van der Waals surface area contributed by atoms with Crippen LogP contribution in [0.3, 0.4) is 0 Å². The highest BCUT2D eigenvalue weighted by Crippen LogP contribution is 2.06. The molecule has 0 fully saturated rings. The lowest BCUT2D eigenvalue weighted by Gasteiger charge is -2.24. The van der Waals surface area contributed by atoms with Crippen LogP contribution in [0.2, 0.25) is 0 Å². The minimum atomic E-state index is -1.21. The van der Waals surface area contributed by atoms with Gasteiger partial charge in [0.2, 0.25) is 17.7 Å². The van der Waals surface area contributed by atoms with Gasteiger partial charge in [-0.2, -0.15) is 12.6 Å². The third-order valence-electron chi connectivity index (χ3n) is 5.26. The number of unbranched alkanes of at least 4 members (excludes halogenated alkanes) is 1. The summed E-state index contributed by atoms with van der Waals surface area (Å²) in [5.74, 6) is -3.50. The molecule has 16 N–H and O–H groups in total. The van der Waals surface area contributed by atoms with E-state index >= 15 is 0 Å². The van der Waals surface area contributed by atoms with E-state index < -0.39 is 47.9 Å². The first-order valence-electron chi connectivity index (χ1n) is 12.2. The van der Waals surface area contributed by atoms with Crippen molar-refractivity contribution < 1.29 is 24.3 Å². The number of rotatable bonds is 20. The second-order valence-corrected chi connectivity index (χ2v) is 8.86. The quantitative estimate of drug-likeness (QED) is 0.0294. The zero-order chi connectivity index (χ0) is 29.1. The summed E-state index contributed by atoms with van der Waals surface area (Å²) in [4.78, 5) is 57.6. The smallest absolute Gasteiger partial charge is 0.326 e. The fourth-order valence-corrected chi connectivity index (χ4v) is 3.45. The first-order chi connectivity index (χ1) is 17.9. The maximum atomic E-state index is 12.9. The number of carbonyl (C=O) groups is 4. The van der Waals surface area contributed by atoms with Gasteiger partial charge in [0.15, 0.2) is 11.9 Å². The Hall–Kier alpha value is -3.31. The molecule has 0 aliphatic heterocycles. The number of hydrogen-bond donors (Lipinski definition) is 11. The zero-order valence-electron chi connectivity index (χ0n) is 21.5. The van der Waals surface area contributed by atoms with Gasteiger partial charge >= 0.3 is 5.97 Å². The highest BCUT2D eigenvalue weighted by Gasteiger charge is 2.29. The minimum Gasteiger partial charge on any atom is -0.480 e. The Balaban J connectivity index is 5.30. The first kappa shape index (κ1) is 34.7. The molecule has 0 saturated carbocycles. The van der Waals surface area contributed by atoms with Gasteiger partial charge in [0.25, 0.3) is 0 Å². The lowest BCUT2D eigenvalue weighted by Crippen LogP contribution is -2.57. The number of guanidine groups is 2. The minimum absolute atomic E-state index is 0.0723. The summed E-state index contributed by atoms with van der Waals surface area (Å²) < 4.78 is 0. The van der Waals surface area contributed by atoms with E-state index in [4.69, 9.17) is 34.4 Å². The summed E-state index contributed by atoms with van der Waals surface area (Å²) in [6.07, 6.45) is 2.37. The lowest BCUT2D eigenvalue weighted by molar-refractivity contribution is -0.142. The van der Waals surface area contributed by atoms with Crippen LogP contribution in [0, 0.1) is 0 Å². The Morgan fingerprint density at radius 2 is 1.18 bits per heavy atom. The molecule has 0 saturated heterocycles. The molecule has 16 nitrogen and oxygen atoms in total. The molecule has 0 heterocycles. The van der Waals surface area contributed by atoms with E-state index in [1.807, 2.05) is 0 Å². The maximum Gasteiger partial charge on any atom is 0.326 e. The molecule has 0 rings (SSSR count). The van der Waals surface area contributed by atoms with Crippen molar-refractivity contribution in [1.82, 2.24) is 16.0 Å². The van der Waals surface area contributed by atoms with E-state index in [9.17, 15) is 24.3 Å². The van der Waals surface area contributed by atoms with Gasteiger partial charge in [-0.3, -0.25) is 24.4 Å². The molecule has 0 aromatic heterocycles. The molecule has 3 amide bonds. The molecule has 0 aromatic carbocycles. The Morgan fingerprint density at radius 1 is 0.711 bits per heavy atom. The summed E-state index contributed by atoms with van der Waals surface area (Å²) in [6.45, 7) is 0.864. The maximum absolute atomic E-state index is 12.9. The van der Waals surface area contributed by atoms with Crippen LogP contribution < -0.4 is 50.4 Å². The molecule has 0 aromatic rings. The summed E-state index contributed by atoms with van der Waals surface area (Å²) in [7, 11) is 0. The molecule has 38 heavy (non-hydrogen) atoms. The fraction of sp³-hybridized carbons (Fsp3) is 0.714. The van der Waals surface area contributed by atoms with Gasteiger partial charge < -0.3 is 55.5 Å². The molecule has 4 atom stereocenters. The molecule has 218 valence electrons. The van der Waals surface area contributed by atoms with Crippen molar-refractivity contribution in [3.63, 3.8) is 0 Å². The second-order valence-electron chi connectivity index (χ2n) is 8.49. The molecule has 0 radical (unpaired) electrons. The lowest BCUT2D eigenvalue weighted by atomic mass is 10.1. The first-order valence-corrected chi connectivity index (χ1v) is 12.9. The molecule has 0 bridgehead atoms. The van der Waals surface area contributed by atoms with Crippen LogP contribution in [0.5, 0.6) is 0 Å². The van der Waals surface area contributed by atoms with Crippen LogP contribution in [0.25, 0.3) is 0 Å². The Morgan fingerprint density at radius 3 is 1.68 bits per heavy atom. The van der Waals surface area contributed by atoms with Crippen molar-refractivity contribution in [2.24, 2.45) is 44.4 Å². The molecule has 0 aliphatic rings. The van der Waals surface area contributed by atoms with Gasteiger partial charge in [-0.25, -0.2) is 4.79 Å². The van der Waals surface area contributed by atoms with Crippen LogP contribution >= 0.6 is 12.6 Å². The number of aliphatic imine (C=N–C) groups is 2. The SMILES string of the molecule is NCCCCC(NC(=O)C(CCCN=C(N)N)NC(=O)C(CS)NC(=O)C(N)CCCN=C(N)N)C(=O)O. The van der Waals surface area contributed by atoms with Crippen molar-refractivity contribution in [3.05, 3.63) is 0 Å². The zero-order valence-corrected chi connectivity index (χ0v) is 22.4. The highest BCUT2D eigenvalue weighted by atomic mass is 32.1. The van der Waals surface area contributed by atoms with E-state index in [2.05, 4.69) is 38.6 Å². The number of carbonyl (C=O) groups excluding carboxylic acids is 3. The van der Waals surface area contributed by atoms with E-state index in [1.54, 1.807) is 0 Å². The third-order valence-corrected chi connectivity index (χ3v) is 5.62. The summed E-state index contributed by atoms with van der Waals surface area (Å²) >= 11 is 4.12. The number of nitrogens with one attached hydrogen (secondary N) is 3. The third kappa shape index (κ3) is 15.7. The van der Waals surface area contributed by atoms with Crippen molar-refractivity contribution in [3.8, 4) is 0 Å². The Kier molecular flexibility index (Phi) is 18.0. The normalized spacial score (nSPS) is 13.8. The van der Waals surface area contributed by atoms with Crippen LogP contribution in [-0.2, 0) is 19.2 Å². The number of carboxylic acids is 1. The van der Waals surface area contributed by atoms with Crippen LogP contribution in [0.1, 0.15) is 44.9 Å².